The molecule has 112 valence electrons. The van der Waals surface area contributed by atoms with Gasteiger partial charge in [-0.25, -0.2) is 0 Å². The molecule has 0 aromatic rings. The fourth-order valence-electron chi connectivity index (χ4n) is 2.40. The first-order chi connectivity index (χ1) is 8.89. The van der Waals surface area contributed by atoms with Gasteiger partial charge in [0.2, 0.25) is 0 Å². The van der Waals surface area contributed by atoms with Crippen molar-refractivity contribution >= 4 is 16.2 Å². The molecule has 7 heteroatoms. The Morgan fingerprint density at radius 1 is 1.32 bits per heavy atom. The molecule has 1 rings (SSSR count). The van der Waals surface area contributed by atoms with Gasteiger partial charge in [-0.2, -0.15) is 17.0 Å². The molecule has 0 saturated heterocycles. The molecule has 1 N–H and O–H groups in total. The van der Waals surface area contributed by atoms with Crippen molar-refractivity contribution in [2.24, 2.45) is 0 Å². The molecule has 6 nitrogen and oxygen atoms in total. The molecule has 0 unspecified atom stereocenters. The number of rotatable bonds is 8. The van der Waals surface area contributed by atoms with Gasteiger partial charge in [-0.05, 0) is 19.3 Å². The van der Waals surface area contributed by atoms with Crippen LogP contribution in [0.4, 0.5) is 0 Å². The Hall–Kier alpha value is -0.660. The highest BCUT2D eigenvalue weighted by molar-refractivity contribution is 7.86. The average molecular weight is 292 g/mol. The first-order valence-corrected chi connectivity index (χ1v) is 8.24. The zero-order valence-electron chi connectivity index (χ0n) is 11.7. The molecule has 1 fully saturated rings. The summed E-state index contributed by atoms with van der Waals surface area (Å²) in [6, 6.07) is -0.162. The lowest BCUT2D eigenvalue weighted by molar-refractivity contribution is -0.137. The van der Waals surface area contributed by atoms with E-state index in [2.05, 4.69) is 0 Å². The molecule has 0 spiro atoms. The van der Waals surface area contributed by atoms with Crippen LogP contribution in [0.5, 0.6) is 0 Å². The van der Waals surface area contributed by atoms with Gasteiger partial charge in [-0.3, -0.25) is 4.79 Å². The first kappa shape index (κ1) is 16.4. The average Bonchev–Trinajstić information content (AvgIpc) is 2.85. The number of carbonyl (C=O) groups is 1. The molecule has 0 heterocycles. The van der Waals surface area contributed by atoms with Crippen molar-refractivity contribution in [3.63, 3.8) is 0 Å². The van der Waals surface area contributed by atoms with Crippen LogP contribution in [0.25, 0.3) is 0 Å². The summed E-state index contributed by atoms with van der Waals surface area (Å²) < 4.78 is 27.3. The highest BCUT2D eigenvalue weighted by Gasteiger charge is 2.35. The van der Waals surface area contributed by atoms with Crippen molar-refractivity contribution in [3.05, 3.63) is 0 Å². The van der Waals surface area contributed by atoms with E-state index in [9.17, 15) is 13.2 Å². The summed E-state index contributed by atoms with van der Waals surface area (Å²) in [5, 5.41) is 8.94. The van der Waals surface area contributed by atoms with E-state index in [1.807, 2.05) is 6.92 Å². The van der Waals surface area contributed by atoms with Crippen LogP contribution < -0.4 is 0 Å². The zero-order valence-corrected chi connectivity index (χ0v) is 12.5. The van der Waals surface area contributed by atoms with Crippen molar-refractivity contribution in [2.75, 3.05) is 20.1 Å². The smallest absolute Gasteiger partial charge is 0.318 e. The number of nitrogens with zero attached hydrogens (tertiary/aromatic N) is 2. The van der Waals surface area contributed by atoms with Crippen molar-refractivity contribution in [1.29, 1.82) is 0 Å². The summed E-state index contributed by atoms with van der Waals surface area (Å²) in [5.74, 6) is -1.10. The molecule has 0 radical (unpaired) electrons. The fourth-order valence-corrected chi connectivity index (χ4v) is 3.98. The lowest BCUT2D eigenvalue weighted by Gasteiger charge is -2.30. The predicted octanol–water partition coefficient (Wildman–Crippen LogP) is 1.29. The van der Waals surface area contributed by atoms with Crippen LogP contribution in [0.1, 0.15) is 45.4 Å². The normalized spacial score (nSPS) is 17.5. The van der Waals surface area contributed by atoms with Crippen molar-refractivity contribution in [3.8, 4) is 0 Å². The van der Waals surface area contributed by atoms with Crippen molar-refractivity contribution in [1.82, 2.24) is 8.61 Å². The van der Waals surface area contributed by atoms with E-state index in [0.717, 1.165) is 42.8 Å². The molecule has 1 aliphatic carbocycles. The minimum absolute atomic E-state index is 0.162. The highest BCUT2D eigenvalue weighted by atomic mass is 32.2. The van der Waals surface area contributed by atoms with Crippen LogP contribution in [0.3, 0.4) is 0 Å². The SMILES string of the molecule is CCCCN(C)S(=O)(=O)N(CC(=O)O)C1CCCC1. The number of hydrogen-bond donors (Lipinski definition) is 1. The summed E-state index contributed by atoms with van der Waals surface area (Å²) >= 11 is 0. The molecule has 0 bridgehead atoms. The largest absolute Gasteiger partial charge is 0.480 e. The third kappa shape index (κ3) is 4.43. The third-order valence-corrected chi connectivity index (χ3v) is 5.53. The Bertz CT molecular complexity index is 391. The minimum atomic E-state index is -3.67. The summed E-state index contributed by atoms with van der Waals surface area (Å²) in [5.41, 5.74) is 0. The highest BCUT2D eigenvalue weighted by Crippen LogP contribution is 2.26. The quantitative estimate of drug-likeness (QED) is 0.731. The molecule has 1 aliphatic rings. The number of aliphatic carboxylic acids is 1. The van der Waals surface area contributed by atoms with Crippen LogP contribution in [0, 0.1) is 0 Å². The number of unbranched alkanes of at least 4 members (excludes halogenated alkanes) is 1. The maximum atomic E-state index is 12.4. The second-order valence-corrected chi connectivity index (χ2v) is 7.05. The monoisotopic (exact) mass is 292 g/mol. The Balaban J connectivity index is 2.84. The van der Waals surface area contributed by atoms with E-state index in [-0.39, 0.29) is 6.04 Å². The van der Waals surface area contributed by atoms with Gasteiger partial charge < -0.3 is 5.11 Å². The van der Waals surface area contributed by atoms with Crippen LogP contribution in [-0.2, 0) is 15.0 Å². The molecule has 0 amide bonds. The van der Waals surface area contributed by atoms with Gasteiger partial charge >= 0.3 is 5.97 Å². The van der Waals surface area contributed by atoms with Crippen LogP contribution in [0.2, 0.25) is 0 Å². The van der Waals surface area contributed by atoms with E-state index in [4.69, 9.17) is 5.11 Å². The second kappa shape index (κ2) is 7.21. The third-order valence-electron chi connectivity index (χ3n) is 3.54. The van der Waals surface area contributed by atoms with Gasteiger partial charge in [0.25, 0.3) is 10.2 Å². The molecule has 19 heavy (non-hydrogen) atoms. The van der Waals surface area contributed by atoms with Crippen molar-refractivity contribution in [2.45, 2.75) is 51.5 Å². The number of hydrogen-bond acceptors (Lipinski definition) is 3. The van der Waals surface area contributed by atoms with Gasteiger partial charge in [-0.1, -0.05) is 26.2 Å². The van der Waals surface area contributed by atoms with Crippen LogP contribution in [0.15, 0.2) is 0 Å². The molecule has 0 aromatic heterocycles. The topological polar surface area (TPSA) is 77.9 Å². The predicted molar refractivity (Wildman–Crippen MR) is 73.1 cm³/mol. The van der Waals surface area contributed by atoms with Gasteiger partial charge in [0.15, 0.2) is 0 Å². The summed E-state index contributed by atoms with van der Waals surface area (Å²) in [6.07, 6.45) is 5.13. The lowest BCUT2D eigenvalue weighted by Crippen LogP contribution is -2.48. The molecular formula is C12H24N2O4S. The Morgan fingerprint density at radius 3 is 2.37 bits per heavy atom. The van der Waals surface area contributed by atoms with Gasteiger partial charge in [0.05, 0.1) is 0 Å². The van der Waals surface area contributed by atoms with E-state index < -0.39 is 22.7 Å². The molecular weight excluding hydrogens is 268 g/mol. The summed E-state index contributed by atoms with van der Waals surface area (Å²) in [4.78, 5) is 10.9. The second-order valence-electron chi connectivity index (χ2n) is 5.06. The lowest BCUT2D eigenvalue weighted by atomic mass is 10.2. The first-order valence-electron chi connectivity index (χ1n) is 6.84. The summed E-state index contributed by atoms with van der Waals surface area (Å²) in [7, 11) is -2.14. The maximum absolute atomic E-state index is 12.4. The van der Waals surface area contributed by atoms with E-state index in [1.165, 1.54) is 11.4 Å². The standard InChI is InChI=1S/C12H24N2O4S/c1-3-4-9-13(2)19(17,18)14(10-12(15)16)11-7-5-6-8-11/h11H,3-10H2,1-2H3,(H,15,16). The Morgan fingerprint density at radius 2 is 1.89 bits per heavy atom. The maximum Gasteiger partial charge on any atom is 0.318 e. The molecule has 0 aromatic carbocycles. The zero-order chi connectivity index (χ0) is 14.5. The minimum Gasteiger partial charge on any atom is -0.480 e. The number of carboxylic acid groups (broad SMARTS) is 1. The van der Waals surface area contributed by atoms with E-state index in [0.29, 0.717) is 6.54 Å². The van der Waals surface area contributed by atoms with Gasteiger partial charge in [0.1, 0.15) is 6.54 Å². The fraction of sp³-hybridized carbons (Fsp3) is 0.917. The number of carboxylic acids is 1. The summed E-state index contributed by atoms with van der Waals surface area (Å²) in [6.45, 7) is 1.98. The van der Waals surface area contributed by atoms with Gasteiger partial charge in [-0.15, -0.1) is 0 Å². The van der Waals surface area contributed by atoms with Gasteiger partial charge in [0, 0.05) is 19.6 Å². The van der Waals surface area contributed by atoms with E-state index >= 15 is 0 Å². The van der Waals surface area contributed by atoms with Crippen LogP contribution in [-0.4, -0.2) is 54.3 Å². The molecule has 0 atom stereocenters. The Kier molecular flexibility index (Phi) is 6.22. The molecule has 1 saturated carbocycles. The molecule has 0 aliphatic heterocycles. The van der Waals surface area contributed by atoms with Crippen molar-refractivity contribution < 1.29 is 18.3 Å². The van der Waals surface area contributed by atoms with E-state index in [1.54, 1.807) is 0 Å². The van der Waals surface area contributed by atoms with Crippen LogP contribution >= 0.6 is 0 Å². The Labute approximate surface area is 115 Å².